The first kappa shape index (κ1) is 12.0. The number of rotatable bonds is 2. The zero-order valence-corrected chi connectivity index (χ0v) is 9.03. The Morgan fingerprint density at radius 3 is 2.08 bits per heavy atom. The van der Waals surface area contributed by atoms with Gasteiger partial charge in [-0.25, -0.2) is 0 Å². The molecule has 12 heavy (non-hydrogen) atoms. The van der Waals surface area contributed by atoms with E-state index in [2.05, 4.69) is 26.1 Å². The first-order chi connectivity index (χ1) is 5.81. The molecular weight excluding hydrogens is 146 g/mol. The van der Waals surface area contributed by atoms with Gasteiger partial charge in [0.25, 0.3) is 0 Å². The fraction of sp³-hybridized carbons (Fsp3) is 1.00. The molecule has 0 aromatic rings. The molecule has 1 heterocycles. The second kappa shape index (κ2) is 9.05. The predicted molar refractivity (Wildman–Crippen MR) is 56.5 cm³/mol. The molecule has 1 atom stereocenters. The summed E-state index contributed by atoms with van der Waals surface area (Å²) in [4.78, 5) is 0. The molecule has 74 valence electrons. The first-order valence-electron chi connectivity index (χ1n) is 5.52. The van der Waals surface area contributed by atoms with Gasteiger partial charge in [0.15, 0.2) is 0 Å². The van der Waals surface area contributed by atoms with E-state index in [4.69, 9.17) is 0 Å². The van der Waals surface area contributed by atoms with Crippen LogP contribution in [0, 0.1) is 5.92 Å². The van der Waals surface area contributed by atoms with Gasteiger partial charge in [-0.2, -0.15) is 0 Å². The van der Waals surface area contributed by atoms with Crippen LogP contribution in [0.2, 0.25) is 0 Å². The normalized spacial score (nSPS) is 22.8. The van der Waals surface area contributed by atoms with Crippen molar-refractivity contribution in [3.63, 3.8) is 0 Å². The van der Waals surface area contributed by atoms with Crippen LogP contribution in [0.3, 0.4) is 0 Å². The van der Waals surface area contributed by atoms with Gasteiger partial charge in [-0.3, -0.25) is 0 Å². The molecule has 0 amide bonds. The highest BCUT2D eigenvalue weighted by molar-refractivity contribution is 4.63. The van der Waals surface area contributed by atoms with Crippen LogP contribution in [0.15, 0.2) is 0 Å². The van der Waals surface area contributed by atoms with Crippen LogP contribution in [-0.4, -0.2) is 13.1 Å². The molecular formula is C11H25N. The number of nitrogens with one attached hydrogen (secondary N) is 1. The van der Waals surface area contributed by atoms with E-state index in [9.17, 15) is 0 Å². The molecule has 0 aliphatic carbocycles. The van der Waals surface area contributed by atoms with Crippen LogP contribution < -0.4 is 5.32 Å². The van der Waals surface area contributed by atoms with Crippen molar-refractivity contribution in [1.82, 2.24) is 5.32 Å². The summed E-state index contributed by atoms with van der Waals surface area (Å²) >= 11 is 0. The predicted octanol–water partition coefficient (Wildman–Crippen LogP) is 3.20. The Hall–Kier alpha value is -0.0400. The molecule has 0 bridgehead atoms. The minimum atomic E-state index is 0.925. The van der Waals surface area contributed by atoms with Gasteiger partial charge in [0, 0.05) is 0 Å². The second-order valence-electron chi connectivity index (χ2n) is 3.81. The highest BCUT2D eigenvalue weighted by Crippen LogP contribution is 2.06. The highest BCUT2D eigenvalue weighted by atomic mass is 14.9. The van der Waals surface area contributed by atoms with E-state index in [0.29, 0.717) is 0 Å². The Morgan fingerprint density at radius 1 is 1.25 bits per heavy atom. The third-order valence-corrected chi connectivity index (χ3v) is 2.25. The molecule has 0 unspecified atom stereocenters. The molecule has 1 rings (SSSR count). The van der Waals surface area contributed by atoms with Gasteiger partial charge in [-0.05, 0) is 31.8 Å². The summed E-state index contributed by atoms with van der Waals surface area (Å²) in [5.74, 6) is 0.925. The molecule has 0 radical (unpaired) electrons. The Morgan fingerprint density at radius 2 is 1.92 bits per heavy atom. The molecule has 1 fully saturated rings. The summed E-state index contributed by atoms with van der Waals surface area (Å²) in [5, 5.41) is 3.33. The van der Waals surface area contributed by atoms with Crippen LogP contribution in [0.4, 0.5) is 0 Å². The molecule has 1 N–H and O–H groups in total. The molecule has 0 spiro atoms. The number of piperidine rings is 1. The Balaban J connectivity index is 0.000000217. The van der Waals surface area contributed by atoms with Crippen molar-refractivity contribution in [2.75, 3.05) is 13.1 Å². The Bertz CT molecular complexity index is 73.1. The molecule has 1 aliphatic heterocycles. The van der Waals surface area contributed by atoms with E-state index in [0.717, 1.165) is 5.92 Å². The topological polar surface area (TPSA) is 12.0 Å². The largest absolute Gasteiger partial charge is 0.316 e. The molecule has 0 saturated carbocycles. The summed E-state index contributed by atoms with van der Waals surface area (Å²) in [7, 11) is 0. The van der Waals surface area contributed by atoms with Crippen LogP contribution in [-0.2, 0) is 0 Å². The third kappa shape index (κ3) is 8.06. The van der Waals surface area contributed by atoms with Gasteiger partial charge in [-0.1, -0.05) is 40.0 Å². The summed E-state index contributed by atoms with van der Waals surface area (Å²) in [6.45, 7) is 9.20. The van der Waals surface area contributed by atoms with Gasteiger partial charge >= 0.3 is 0 Å². The van der Waals surface area contributed by atoms with E-state index in [1.807, 2.05) is 0 Å². The van der Waals surface area contributed by atoms with Crippen molar-refractivity contribution in [1.29, 1.82) is 0 Å². The molecule has 0 aromatic carbocycles. The van der Waals surface area contributed by atoms with E-state index in [-0.39, 0.29) is 0 Å². The number of hydrogen-bond donors (Lipinski definition) is 1. The Labute approximate surface area is 77.9 Å². The molecule has 1 heteroatoms. The van der Waals surface area contributed by atoms with E-state index >= 15 is 0 Å². The van der Waals surface area contributed by atoms with Crippen LogP contribution in [0.25, 0.3) is 0 Å². The number of hydrogen-bond acceptors (Lipinski definition) is 1. The van der Waals surface area contributed by atoms with E-state index in [1.54, 1.807) is 0 Å². The van der Waals surface area contributed by atoms with Crippen molar-refractivity contribution < 1.29 is 0 Å². The van der Waals surface area contributed by atoms with Gasteiger partial charge in [0.2, 0.25) is 0 Å². The lowest BCUT2D eigenvalue weighted by Crippen LogP contribution is -2.27. The maximum atomic E-state index is 3.33. The summed E-state index contributed by atoms with van der Waals surface area (Å²) in [6.07, 6.45) is 6.88. The maximum Gasteiger partial charge on any atom is -0.00231 e. The first-order valence-corrected chi connectivity index (χ1v) is 5.52. The zero-order chi connectivity index (χ0) is 9.23. The van der Waals surface area contributed by atoms with Crippen molar-refractivity contribution in [3.8, 4) is 0 Å². The van der Waals surface area contributed by atoms with Crippen molar-refractivity contribution in [2.45, 2.75) is 52.9 Å². The molecule has 1 aliphatic rings. The van der Waals surface area contributed by atoms with E-state index < -0.39 is 0 Å². The average molecular weight is 171 g/mol. The van der Waals surface area contributed by atoms with Gasteiger partial charge in [-0.15, -0.1) is 0 Å². The summed E-state index contributed by atoms with van der Waals surface area (Å²) in [6, 6.07) is 0. The fourth-order valence-corrected chi connectivity index (χ4v) is 1.38. The minimum absolute atomic E-state index is 0.925. The SMILES string of the molecule is CCCCC.C[C@H]1CCCNC1. The molecule has 1 nitrogen and oxygen atoms in total. The van der Waals surface area contributed by atoms with Gasteiger partial charge in [0.1, 0.15) is 0 Å². The molecule has 0 aromatic heterocycles. The monoisotopic (exact) mass is 171 g/mol. The lowest BCUT2D eigenvalue weighted by molar-refractivity contribution is 0.405. The fourth-order valence-electron chi connectivity index (χ4n) is 1.38. The summed E-state index contributed by atoms with van der Waals surface area (Å²) < 4.78 is 0. The van der Waals surface area contributed by atoms with Crippen LogP contribution in [0.5, 0.6) is 0 Å². The van der Waals surface area contributed by atoms with Crippen LogP contribution in [0.1, 0.15) is 52.9 Å². The number of unbranched alkanes of at least 4 members (excludes halogenated alkanes) is 2. The highest BCUT2D eigenvalue weighted by Gasteiger charge is 2.04. The zero-order valence-electron chi connectivity index (χ0n) is 9.03. The smallest absolute Gasteiger partial charge is 0.00231 e. The molecule has 1 saturated heterocycles. The van der Waals surface area contributed by atoms with Gasteiger partial charge in [0.05, 0.1) is 0 Å². The van der Waals surface area contributed by atoms with Crippen molar-refractivity contribution in [2.24, 2.45) is 5.92 Å². The van der Waals surface area contributed by atoms with Crippen LogP contribution >= 0.6 is 0 Å². The average Bonchev–Trinajstić information content (AvgIpc) is 2.08. The summed E-state index contributed by atoms with van der Waals surface area (Å²) in [5.41, 5.74) is 0. The minimum Gasteiger partial charge on any atom is -0.316 e. The lowest BCUT2D eigenvalue weighted by atomic mass is 10.0. The van der Waals surface area contributed by atoms with Crippen molar-refractivity contribution >= 4 is 0 Å². The van der Waals surface area contributed by atoms with Crippen molar-refractivity contribution in [3.05, 3.63) is 0 Å². The third-order valence-electron chi connectivity index (χ3n) is 2.25. The van der Waals surface area contributed by atoms with E-state index in [1.165, 1.54) is 45.2 Å². The lowest BCUT2D eigenvalue weighted by Gasteiger charge is -2.17. The Kier molecular flexibility index (Phi) is 9.02. The second-order valence-corrected chi connectivity index (χ2v) is 3.81. The standard InChI is InChI=1S/C6H13N.C5H12/c1-6-3-2-4-7-5-6;1-3-5-4-2/h6-7H,2-5H2,1H3;3-5H2,1-2H3/t6-;/m0./s1. The quantitative estimate of drug-likeness (QED) is 0.673. The maximum absolute atomic E-state index is 3.33. The van der Waals surface area contributed by atoms with Gasteiger partial charge < -0.3 is 5.32 Å².